The first kappa shape index (κ1) is 18.2. The first-order valence-corrected chi connectivity index (χ1v) is 9.90. The average Bonchev–Trinajstić information content (AvgIpc) is 3.11. The Morgan fingerprint density at radius 1 is 1.28 bits per heavy atom. The highest BCUT2D eigenvalue weighted by molar-refractivity contribution is 8.27. The average molecular weight is 395 g/mol. The number of hydrogen-bond donors (Lipinski definition) is 2. The molecule has 1 fully saturated rings. The fraction of sp³-hybridized carbons (Fsp3) is 0.312. The number of anilines is 1. The van der Waals surface area contributed by atoms with E-state index >= 15 is 0 Å². The maximum Gasteiger partial charge on any atom is 0.269 e. The Morgan fingerprint density at radius 3 is 2.76 bits per heavy atom. The van der Waals surface area contributed by atoms with Crippen LogP contribution in [0.1, 0.15) is 6.92 Å². The summed E-state index contributed by atoms with van der Waals surface area (Å²) in [5.41, 5.74) is 6.47. The van der Waals surface area contributed by atoms with E-state index in [1.807, 2.05) is 31.2 Å². The van der Waals surface area contributed by atoms with Crippen molar-refractivity contribution < 1.29 is 9.59 Å². The lowest BCUT2D eigenvalue weighted by atomic mass is 10.3. The van der Waals surface area contributed by atoms with Crippen molar-refractivity contribution in [1.29, 1.82) is 0 Å². The zero-order valence-electron chi connectivity index (χ0n) is 13.7. The van der Waals surface area contributed by atoms with E-state index in [9.17, 15) is 9.59 Å². The van der Waals surface area contributed by atoms with Crippen LogP contribution < -0.4 is 16.0 Å². The van der Waals surface area contributed by atoms with Crippen LogP contribution in [0.25, 0.3) is 0 Å². The molecule has 0 saturated carbocycles. The molecular formula is C16H18N4O2S3. The highest BCUT2D eigenvalue weighted by Gasteiger charge is 2.39. The molecule has 1 aromatic rings. The van der Waals surface area contributed by atoms with Gasteiger partial charge in [0.05, 0.1) is 5.69 Å². The molecule has 3 rings (SSSR count). The molecule has 0 unspecified atom stereocenters. The van der Waals surface area contributed by atoms with Crippen LogP contribution in [-0.4, -0.2) is 47.2 Å². The number of thiocarbonyl (C=S) groups is 1. The quantitative estimate of drug-likeness (QED) is 0.581. The molecule has 0 aliphatic carbocycles. The van der Waals surface area contributed by atoms with E-state index in [-0.39, 0.29) is 18.4 Å². The number of fused-ring (bicyclic) bond motifs is 1. The van der Waals surface area contributed by atoms with Crippen LogP contribution >= 0.6 is 35.7 Å². The van der Waals surface area contributed by atoms with Crippen molar-refractivity contribution in [2.24, 2.45) is 5.73 Å². The first-order valence-electron chi connectivity index (χ1n) is 7.86. The number of thioether (sulfide) groups is 2. The molecule has 0 bridgehead atoms. The van der Waals surface area contributed by atoms with Gasteiger partial charge in [-0.05, 0) is 19.1 Å². The number of rotatable bonds is 5. The van der Waals surface area contributed by atoms with Gasteiger partial charge in [0.25, 0.3) is 5.91 Å². The zero-order chi connectivity index (χ0) is 18.0. The summed E-state index contributed by atoms with van der Waals surface area (Å²) in [6, 6.07) is 8.05. The Bertz CT molecular complexity index is 766. The van der Waals surface area contributed by atoms with Gasteiger partial charge >= 0.3 is 0 Å². The van der Waals surface area contributed by atoms with Crippen molar-refractivity contribution in [2.75, 3.05) is 31.1 Å². The Balaban J connectivity index is 1.84. The molecule has 2 amide bonds. The van der Waals surface area contributed by atoms with Crippen LogP contribution in [0.2, 0.25) is 0 Å². The Hall–Kier alpha value is -1.55. The maximum atomic E-state index is 12.8. The van der Waals surface area contributed by atoms with Crippen LogP contribution in [0.15, 0.2) is 39.1 Å². The lowest BCUT2D eigenvalue weighted by Gasteiger charge is -2.19. The van der Waals surface area contributed by atoms with Crippen LogP contribution in [-0.2, 0) is 9.59 Å². The van der Waals surface area contributed by atoms with E-state index in [0.717, 1.165) is 22.2 Å². The molecule has 132 valence electrons. The molecule has 0 aromatic heterocycles. The lowest BCUT2D eigenvalue weighted by Crippen LogP contribution is -2.41. The molecule has 25 heavy (non-hydrogen) atoms. The van der Waals surface area contributed by atoms with Gasteiger partial charge in [-0.3, -0.25) is 14.5 Å². The molecule has 0 spiro atoms. The van der Waals surface area contributed by atoms with Gasteiger partial charge in [-0.2, -0.15) is 0 Å². The number of carbonyl (C=O) groups excluding carboxylic acids is 2. The molecule has 6 nitrogen and oxygen atoms in total. The summed E-state index contributed by atoms with van der Waals surface area (Å²) in [6.07, 6.45) is 0. The van der Waals surface area contributed by atoms with Gasteiger partial charge in [-0.15, -0.1) is 0 Å². The second-order valence-corrected chi connectivity index (χ2v) is 8.02. The SMILES string of the molecule is CCN1/C(=C2\SC(=S)N(CC(=O)NCCN)C2=O)Sc2ccccc21. The number of nitrogens with one attached hydrogen (secondary N) is 1. The van der Waals surface area contributed by atoms with Crippen molar-refractivity contribution in [2.45, 2.75) is 11.8 Å². The van der Waals surface area contributed by atoms with E-state index in [4.69, 9.17) is 18.0 Å². The monoisotopic (exact) mass is 394 g/mol. The minimum atomic E-state index is -0.261. The van der Waals surface area contributed by atoms with Crippen molar-refractivity contribution >= 4 is 57.6 Å². The van der Waals surface area contributed by atoms with Crippen molar-refractivity contribution in [3.05, 3.63) is 34.2 Å². The smallest absolute Gasteiger partial charge is 0.269 e. The fourth-order valence-electron chi connectivity index (χ4n) is 2.59. The predicted molar refractivity (Wildman–Crippen MR) is 106 cm³/mol. The molecule has 2 aliphatic heterocycles. The normalized spacial score (nSPS) is 19.6. The molecule has 3 N–H and O–H groups in total. The molecule has 1 saturated heterocycles. The summed E-state index contributed by atoms with van der Waals surface area (Å²) in [4.78, 5) is 29.9. The predicted octanol–water partition coefficient (Wildman–Crippen LogP) is 1.72. The summed E-state index contributed by atoms with van der Waals surface area (Å²) in [5, 5.41) is 3.54. The number of carbonyl (C=O) groups is 2. The van der Waals surface area contributed by atoms with Crippen LogP contribution in [0.4, 0.5) is 5.69 Å². The molecule has 9 heteroatoms. The molecule has 0 radical (unpaired) electrons. The van der Waals surface area contributed by atoms with E-state index in [1.54, 1.807) is 11.8 Å². The molecular weight excluding hydrogens is 376 g/mol. The lowest BCUT2D eigenvalue weighted by molar-refractivity contribution is -0.128. The minimum Gasteiger partial charge on any atom is -0.353 e. The van der Waals surface area contributed by atoms with E-state index in [1.165, 1.54) is 16.7 Å². The highest BCUT2D eigenvalue weighted by Crippen LogP contribution is 2.50. The summed E-state index contributed by atoms with van der Waals surface area (Å²) >= 11 is 8.15. The molecule has 1 aromatic carbocycles. The maximum absolute atomic E-state index is 12.8. The number of benzene rings is 1. The van der Waals surface area contributed by atoms with Crippen molar-refractivity contribution in [3.63, 3.8) is 0 Å². The second-order valence-electron chi connectivity index (χ2n) is 5.35. The third-order valence-electron chi connectivity index (χ3n) is 3.74. The van der Waals surface area contributed by atoms with Crippen LogP contribution in [0.5, 0.6) is 0 Å². The van der Waals surface area contributed by atoms with E-state index in [0.29, 0.717) is 22.3 Å². The number of nitrogens with zero attached hydrogens (tertiary/aromatic N) is 2. The Morgan fingerprint density at radius 2 is 2.04 bits per heavy atom. The topological polar surface area (TPSA) is 78.7 Å². The number of para-hydroxylation sites is 1. The summed E-state index contributed by atoms with van der Waals surface area (Å²) in [6.45, 7) is 3.45. The van der Waals surface area contributed by atoms with Gasteiger partial charge in [-0.1, -0.05) is 47.9 Å². The van der Waals surface area contributed by atoms with Crippen LogP contribution in [0, 0.1) is 0 Å². The van der Waals surface area contributed by atoms with Crippen molar-refractivity contribution in [1.82, 2.24) is 10.2 Å². The van der Waals surface area contributed by atoms with Crippen molar-refractivity contribution in [3.8, 4) is 0 Å². The summed E-state index contributed by atoms with van der Waals surface area (Å²) in [7, 11) is 0. The summed E-state index contributed by atoms with van der Waals surface area (Å²) < 4.78 is 0.406. The van der Waals surface area contributed by atoms with E-state index in [2.05, 4.69) is 10.2 Å². The Labute approximate surface area is 160 Å². The third-order valence-corrected chi connectivity index (χ3v) is 6.49. The number of amides is 2. The van der Waals surface area contributed by atoms with Crippen LogP contribution in [0.3, 0.4) is 0 Å². The minimum absolute atomic E-state index is 0.0782. The van der Waals surface area contributed by atoms with E-state index < -0.39 is 0 Å². The molecule has 0 atom stereocenters. The number of hydrogen-bond acceptors (Lipinski definition) is 7. The van der Waals surface area contributed by atoms with Gasteiger partial charge in [0.1, 0.15) is 20.8 Å². The zero-order valence-corrected chi connectivity index (χ0v) is 16.1. The Kier molecular flexibility index (Phi) is 5.67. The number of nitrogens with two attached hydrogens (primary N) is 1. The van der Waals surface area contributed by atoms with Gasteiger partial charge < -0.3 is 16.0 Å². The van der Waals surface area contributed by atoms with Gasteiger partial charge in [0, 0.05) is 24.5 Å². The first-order chi connectivity index (χ1) is 12.1. The third kappa shape index (κ3) is 3.55. The molecule has 2 aliphatic rings. The summed E-state index contributed by atoms with van der Waals surface area (Å²) in [5.74, 6) is -0.477. The fourth-order valence-corrected chi connectivity index (χ4v) is 5.22. The second kappa shape index (κ2) is 7.77. The highest BCUT2D eigenvalue weighted by atomic mass is 32.2. The van der Waals surface area contributed by atoms with Gasteiger partial charge in [0.15, 0.2) is 0 Å². The molecule has 2 heterocycles. The standard InChI is InChI=1S/C16H18N4O2S3/c1-2-19-10-5-3-4-6-11(10)24-15(19)13-14(22)20(16(23)25-13)9-12(21)18-8-7-17/h3-6H,2,7-9,17H2,1H3,(H,18,21)/b15-13+. The van der Waals surface area contributed by atoms with Gasteiger partial charge in [-0.25, -0.2) is 0 Å². The largest absolute Gasteiger partial charge is 0.353 e. The van der Waals surface area contributed by atoms with Gasteiger partial charge in [0.2, 0.25) is 5.91 Å².